The van der Waals surface area contributed by atoms with E-state index in [2.05, 4.69) is 14.3 Å². The van der Waals surface area contributed by atoms with Crippen LogP contribution in [0, 0.1) is 12.7 Å². The zero-order valence-electron chi connectivity index (χ0n) is 19.5. The topological polar surface area (TPSA) is 73.7 Å². The minimum absolute atomic E-state index is 0.00440. The first kappa shape index (κ1) is 23.6. The first-order valence-corrected chi connectivity index (χ1v) is 13.4. The molecule has 4 rings (SSSR count). The normalized spacial score (nSPS) is 18.9. The van der Waals surface area contributed by atoms with Crippen LogP contribution in [-0.2, 0) is 20.9 Å². The zero-order chi connectivity index (χ0) is 23.6. The molecule has 1 aliphatic rings. The molecule has 6 nitrogen and oxygen atoms in total. The van der Waals surface area contributed by atoms with E-state index < -0.39 is 9.73 Å². The molecule has 0 radical (unpaired) electrons. The second kappa shape index (κ2) is 9.73. The largest absolute Gasteiger partial charge is 0.490 e. The number of ether oxygens (including phenoxy) is 2. The molecule has 0 amide bonds. The molecule has 1 fully saturated rings. The maximum Gasteiger partial charge on any atom is 0.126 e. The summed E-state index contributed by atoms with van der Waals surface area (Å²) in [6, 6.07) is 8.40. The fraction of sp³-hybridized carbons (Fsp3) is 0.440. The third kappa shape index (κ3) is 5.86. The predicted molar refractivity (Wildman–Crippen MR) is 129 cm³/mol. The molecule has 33 heavy (non-hydrogen) atoms. The van der Waals surface area contributed by atoms with Crippen molar-refractivity contribution in [2.45, 2.75) is 51.2 Å². The molecular weight excluding hydrogens is 441 g/mol. The third-order valence-corrected chi connectivity index (χ3v) is 6.57. The average Bonchev–Trinajstić information content (AvgIpc) is 2.74. The first-order valence-electron chi connectivity index (χ1n) is 11.1. The van der Waals surface area contributed by atoms with Gasteiger partial charge in [-0.3, -0.25) is 0 Å². The van der Waals surface area contributed by atoms with E-state index in [4.69, 9.17) is 9.47 Å². The molecule has 8 heteroatoms. The molecule has 2 unspecified atom stereocenters. The van der Waals surface area contributed by atoms with E-state index in [-0.39, 0.29) is 18.0 Å². The Morgan fingerprint density at radius 1 is 1.15 bits per heavy atom. The monoisotopic (exact) mass is 471 g/mol. The number of rotatable bonds is 6. The molecule has 1 heterocycles. The Bertz CT molecular complexity index is 1280. The molecule has 176 valence electrons. The van der Waals surface area contributed by atoms with Gasteiger partial charge in [0.1, 0.15) is 24.0 Å². The Morgan fingerprint density at radius 2 is 1.94 bits per heavy atom. The molecule has 2 aromatic carbocycles. The molecule has 0 aliphatic heterocycles. The first-order chi connectivity index (χ1) is 15.7. The van der Waals surface area contributed by atoms with Gasteiger partial charge in [0.25, 0.3) is 0 Å². The maximum atomic E-state index is 14.1. The number of hydrogen-bond acceptors (Lipinski definition) is 6. The van der Waals surface area contributed by atoms with Crippen LogP contribution >= 0.6 is 0 Å². The number of fused-ring (bicyclic) bond motifs is 1. The molecule has 1 saturated carbocycles. The van der Waals surface area contributed by atoms with Crippen molar-refractivity contribution in [3.8, 4) is 5.75 Å². The highest BCUT2D eigenvalue weighted by atomic mass is 32.2. The van der Waals surface area contributed by atoms with Crippen LogP contribution in [0.1, 0.15) is 42.5 Å². The highest BCUT2D eigenvalue weighted by molar-refractivity contribution is 7.92. The summed E-state index contributed by atoms with van der Waals surface area (Å²) in [5.74, 6) is 0.218. The Labute approximate surface area is 194 Å². The van der Waals surface area contributed by atoms with E-state index in [1.165, 1.54) is 18.5 Å². The van der Waals surface area contributed by atoms with Crippen LogP contribution in [-0.4, -0.2) is 46.0 Å². The summed E-state index contributed by atoms with van der Waals surface area (Å²) in [5.41, 5.74) is 4.02. The van der Waals surface area contributed by atoms with E-state index in [1.807, 2.05) is 19.1 Å². The predicted octanol–water partition coefficient (Wildman–Crippen LogP) is 5.36. The number of benzene rings is 2. The van der Waals surface area contributed by atoms with Gasteiger partial charge in [-0.25, -0.2) is 18.6 Å². The van der Waals surface area contributed by atoms with Gasteiger partial charge in [-0.15, -0.1) is 0 Å². The number of aryl methyl sites for hydroxylation is 1. The molecule has 3 aromatic rings. The summed E-state index contributed by atoms with van der Waals surface area (Å²) in [5, 5.41) is 0.919. The van der Waals surface area contributed by atoms with E-state index in [0.717, 1.165) is 53.4 Å². The highest BCUT2D eigenvalue weighted by Crippen LogP contribution is 2.32. The smallest absolute Gasteiger partial charge is 0.126 e. The number of nitrogens with zero attached hydrogens (tertiary/aromatic N) is 3. The summed E-state index contributed by atoms with van der Waals surface area (Å²) < 4.78 is 42.3. The molecule has 1 aliphatic carbocycles. The fourth-order valence-corrected chi connectivity index (χ4v) is 5.07. The fourth-order valence-electron chi connectivity index (χ4n) is 4.46. The quantitative estimate of drug-likeness (QED) is 0.484. The van der Waals surface area contributed by atoms with Gasteiger partial charge in [-0.1, -0.05) is 6.07 Å². The van der Waals surface area contributed by atoms with Crippen LogP contribution < -0.4 is 4.74 Å². The van der Waals surface area contributed by atoms with Gasteiger partial charge < -0.3 is 9.47 Å². The van der Waals surface area contributed by atoms with Gasteiger partial charge in [0, 0.05) is 59.2 Å². The van der Waals surface area contributed by atoms with Gasteiger partial charge in [-0.2, -0.15) is 4.36 Å². The summed E-state index contributed by atoms with van der Waals surface area (Å²) in [6.45, 7) is 1.97. The third-order valence-electron chi connectivity index (χ3n) is 5.92. The van der Waals surface area contributed by atoms with Gasteiger partial charge >= 0.3 is 0 Å². The molecule has 0 saturated heterocycles. The summed E-state index contributed by atoms with van der Waals surface area (Å²) in [7, 11) is -0.557. The lowest BCUT2D eigenvalue weighted by molar-refractivity contribution is 0.0206. The molecule has 2 atom stereocenters. The highest BCUT2D eigenvalue weighted by Gasteiger charge is 2.24. The van der Waals surface area contributed by atoms with Crippen LogP contribution in [0.25, 0.3) is 10.9 Å². The molecule has 0 N–H and O–H groups in total. The standard InChI is InChI=1S/C25H30FN3O3S/c1-16-10-19(29-33(3,4)30)13-23-25(16)22(27-15-28-23)11-17-8-9-18(26)12-24(17)32-21-7-5-6-20(14-21)31-2/h8-10,12-13,15,20-21H,5-7,11,14H2,1-4H3. The number of aromatic nitrogens is 2. The second-order valence-corrected chi connectivity index (χ2v) is 11.5. The van der Waals surface area contributed by atoms with Crippen LogP contribution in [0.2, 0.25) is 0 Å². The SMILES string of the molecule is COC1CCCC(Oc2cc(F)ccc2Cc2ncnc3cc(N=S(C)(C)=O)cc(C)c23)C1. The number of methoxy groups -OCH3 is 1. The van der Waals surface area contributed by atoms with Gasteiger partial charge in [0.2, 0.25) is 0 Å². The molecule has 1 aromatic heterocycles. The second-order valence-electron chi connectivity index (χ2n) is 8.94. The van der Waals surface area contributed by atoms with Crippen LogP contribution in [0.3, 0.4) is 0 Å². The minimum atomic E-state index is -2.28. The minimum Gasteiger partial charge on any atom is -0.490 e. The van der Waals surface area contributed by atoms with Crippen molar-refractivity contribution in [3.05, 3.63) is 59.3 Å². The van der Waals surface area contributed by atoms with Gasteiger partial charge in [0.05, 0.1) is 23.0 Å². The number of hydrogen-bond donors (Lipinski definition) is 0. The van der Waals surface area contributed by atoms with Gasteiger partial charge in [-0.05, 0) is 49.9 Å². The molecular formula is C25H30FN3O3S. The van der Waals surface area contributed by atoms with E-state index in [1.54, 1.807) is 25.7 Å². The summed E-state index contributed by atoms with van der Waals surface area (Å²) >= 11 is 0. The molecule has 0 spiro atoms. The number of halogens is 1. The van der Waals surface area contributed by atoms with Crippen LogP contribution in [0.4, 0.5) is 10.1 Å². The van der Waals surface area contributed by atoms with E-state index in [9.17, 15) is 8.60 Å². The Morgan fingerprint density at radius 3 is 2.70 bits per heavy atom. The van der Waals surface area contributed by atoms with Crippen molar-refractivity contribution >= 4 is 26.3 Å². The van der Waals surface area contributed by atoms with Crippen molar-refractivity contribution in [1.82, 2.24) is 9.97 Å². The Balaban J connectivity index is 1.68. The van der Waals surface area contributed by atoms with Crippen molar-refractivity contribution in [3.63, 3.8) is 0 Å². The Kier molecular flexibility index (Phi) is 6.95. The van der Waals surface area contributed by atoms with Crippen LogP contribution in [0.15, 0.2) is 41.0 Å². The lowest BCUT2D eigenvalue weighted by Gasteiger charge is -2.29. The zero-order valence-corrected chi connectivity index (χ0v) is 20.3. The summed E-state index contributed by atoms with van der Waals surface area (Å²) in [4.78, 5) is 8.95. The average molecular weight is 472 g/mol. The van der Waals surface area contributed by atoms with Crippen molar-refractivity contribution < 1.29 is 18.1 Å². The lowest BCUT2D eigenvalue weighted by atomic mass is 9.94. The van der Waals surface area contributed by atoms with Crippen molar-refractivity contribution in [2.75, 3.05) is 19.6 Å². The van der Waals surface area contributed by atoms with Gasteiger partial charge in [0.15, 0.2) is 0 Å². The summed E-state index contributed by atoms with van der Waals surface area (Å²) in [6.07, 6.45) is 9.16. The lowest BCUT2D eigenvalue weighted by Crippen LogP contribution is -2.29. The van der Waals surface area contributed by atoms with Crippen LogP contribution in [0.5, 0.6) is 5.75 Å². The van der Waals surface area contributed by atoms with Crippen molar-refractivity contribution in [2.24, 2.45) is 4.36 Å². The van der Waals surface area contributed by atoms with Crippen molar-refractivity contribution in [1.29, 1.82) is 0 Å². The van der Waals surface area contributed by atoms with E-state index >= 15 is 0 Å². The molecule has 0 bridgehead atoms. The Hall–Kier alpha value is -2.58. The maximum absolute atomic E-state index is 14.1. The van der Waals surface area contributed by atoms with E-state index in [0.29, 0.717) is 17.9 Å².